The molecule has 2 aliphatic heterocycles. The van der Waals surface area contributed by atoms with Gasteiger partial charge in [-0.3, -0.25) is 0 Å². The number of hydrogen-bond donors (Lipinski definition) is 1. The van der Waals surface area contributed by atoms with Gasteiger partial charge in [-0.15, -0.1) is 0 Å². The quantitative estimate of drug-likeness (QED) is 0.885. The summed E-state index contributed by atoms with van der Waals surface area (Å²) < 4.78 is 2.26. The van der Waals surface area contributed by atoms with Gasteiger partial charge in [-0.2, -0.15) is 0 Å². The van der Waals surface area contributed by atoms with Crippen molar-refractivity contribution in [3.05, 3.63) is 12.4 Å². The summed E-state index contributed by atoms with van der Waals surface area (Å²) in [5.41, 5.74) is 0. The van der Waals surface area contributed by atoms with Crippen LogP contribution in [-0.4, -0.2) is 34.2 Å². The Morgan fingerprint density at radius 2 is 2.06 bits per heavy atom. The Kier molecular flexibility index (Phi) is 3.29. The molecule has 0 aromatic carbocycles. The lowest BCUT2D eigenvalue weighted by Crippen LogP contribution is -2.49. The lowest BCUT2D eigenvalue weighted by atomic mass is 9.98. The molecule has 1 N–H and O–H groups in total. The van der Waals surface area contributed by atoms with Crippen molar-refractivity contribution < 1.29 is 0 Å². The van der Waals surface area contributed by atoms with Crippen LogP contribution in [0.25, 0.3) is 0 Å². The molecule has 0 saturated carbocycles. The summed E-state index contributed by atoms with van der Waals surface area (Å²) in [5, 5.41) is 3.72. The van der Waals surface area contributed by atoms with E-state index >= 15 is 0 Å². The topological polar surface area (TPSA) is 33.1 Å². The average molecular weight is 248 g/mol. The number of piperidine rings is 1. The summed E-state index contributed by atoms with van der Waals surface area (Å²) >= 11 is 0. The standard InChI is InChI=1S/C14H24N4/c1-3-17-8-7-15-14(17)18(4-2)13-9-11-5-6-12(10-13)16-11/h7-8,11-13,16H,3-6,9-10H2,1-2H3. The molecular formula is C14H24N4. The SMILES string of the molecule is CCN(c1nccn1CC)C1CC2CCC(C1)N2. The minimum Gasteiger partial charge on any atom is -0.339 e. The fourth-order valence-electron chi connectivity index (χ4n) is 3.65. The molecule has 3 rings (SSSR count). The van der Waals surface area contributed by atoms with Crippen LogP contribution in [0.1, 0.15) is 39.5 Å². The molecule has 2 saturated heterocycles. The Labute approximate surface area is 109 Å². The van der Waals surface area contributed by atoms with Gasteiger partial charge in [-0.05, 0) is 39.5 Å². The second-order valence-corrected chi connectivity index (χ2v) is 5.56. The first-order chi connectivity index (χ1) is 8.81. The number of hydrogen-bond acceptors (Lipinski definition) is 3. The van der Waals surface area contributed by atoms with E-state index in [1.807, 2.05) is 6.20 Å². The Morgan fingerprint density at radius 3 is 2.67 bits per heavy atom. The number of fused-ring (bicyclic) bond motifs is 2. The van der Waals surface area contributed by atoms with Crippen molar-refractivity contribution >= 4 is 5.95 Å². The lowest BCUT2D eigenvalue weighted by Gasteiger charge is -2.38. The normalized spacial score (nSPS) is 30.7. The van der Waals surface area contributed by atoms with Crippen LogP contribution in [0.3, 0.4) is 0 Å². The fraction of sp³-hybridized carbons (Fsp3) is 0.786. The smallest absolute Gasteiger partial charge is 0.205 e. The van der Waals surface area contributed by atoms with Crippen LogP contribution < -0.4 is 10.2 Å². The van der Waals surface area contributed by atoms with E-state index in [0.717, 1.165) is 31.1 Å². The maximum Gasteiger partial charge on any atom is 0.205 e. The number of nitrogens with one attached hydrogen (secondary N) is 1. The van der Waals surface area contributed by atoms with Crippen LogP contribution in [0.4, 0.5) is 5.95 Å². The van der Waals surface area contributed by atoms with Crippen molar-refractivity contribution in [2.24, 2.45) is 0 Å². The van der Waals surface area contributed by atoms with E-state index in [1.54, 1.807) is 0 Å². The zero-order chi connectivity index (χ0) is 12.5. The highest BCUT2D eigenvalue weighted by atomic mass is 15.3. The summed E-state index contributed by atoms with van der Waals surface area (Å²) in [6.07, 6.45) is 9.30. The molecule has 1 aromatic rings. The molecule has 4 nitrogen and oxygen atoms in total. The van der Waals surface area contributed by atoms with Gasteiger partial charge in [0, 0.05) is 43.6 Å². The number of aromatic nitrogens is 2. The number of nitrogens with zero attached hydrogens (tertiary/aromatic N) is 3. The second kappa shape index (κ2) is 4.92. The molecule has 1 aromatic heterocycles. The first kappa shape index (κ1) is 12.0. The summed E-state index contributed by atoms with van der Waals surface area (Å²) in [4.78, 5) is 7.08. The largest absolute Gasteiger partial charge is 0.339 e. The van der Waals surface area contributed by atoms with Gasteiger partial charge in [-0.1, -0.05) is 0 Å². The summed E-state index contributed by atoms with van der Waals surface area (Å²) in [6.45, 7) is 6.49. The third kappa shape index (κ3) is 2.03. The number of aryl methyl sites for hydroxylation is 1. The molecule has 3 heterocycles. The van der Waals surface area contributed by atoms with Gasteiger partial charge in [0.1, 0.15) is 0 Å². The second-order valence-electron chi connectivity index (χ2n) is 5.56. The van der Waals surface area contributed by atoms with Crippen LogP contribution in [0.15, 0.2) is 12.4 Å². The maximum atomic E-state index is 4.57. The molecule has 2 aliphatic rings. The monoisotopic (exact) mass is 248 g/mol. The van der Waals surface area contributed by atoms with Crippen molar-refractivity contribution in [2.45, 2.75) is 64.2 Å². The van der Waals surface area contributed by atoms with Crippen LogP contribution in [0.2, 0.25) is 0 Å². The van der Waals surface area contributed by atoms with E-state index in [-0.39, 0.29) is 0 Å². The van der Waals surface area contributed by atoms with Crippen LogP contribution in [0.5, 0.6) is 0 Å². The van der Waals surface area contributed by atoms with Crippen LogP contribution in [-0.2, 0) is 6.54 Å². The van der Waals surface area contributed by atoms with Crippen molar-refractivity contribution in [3.8, 4) is 0 Å². The Balaban J connectivity index is 1.80. The molecule has 0 amide bonds. The van der Waals surface area contributed by atoms with Crippen molar-refractivity contribution in [3.63, 3.8) is 0 Å². The Hall–Kier alpha value is -1.03. The van der Waals surface area contributed by atoms with Gasteiger partial charge >= 0.3 is 0 Å². The highest BCUT2D eigenvalue weighted by Gasteiger charge is 2.36. The van der Waals surface area contributed by atoms with Gasteiger partial charge in [0.25, 0.3) is 0 Å². The zero-order valence-corrected chi connectivity index (χ0v) is 11.5. The first-order valence-electron chi connectivity index (χ1n) is 7.35. The molecule has 0 spiro atoms. The van der Waals surface area contributed by atoms with Gasteiger partial charge in [0.05, 0.1) is 0 Å². The lowest BCUT2D eigenvalue weighted by molar-refractivity contribution is 0.345. The predicted molar refractivity (Wildman–Crippen MR) is 73.9 cm³/mol. The van der Waals surface area contributed by atoms with E-state index in [1.165, 1.54) is 25.7 Å². The van der Waals surface area contributed by atoms with Crippen molar-refractivity contribution in [1.82, 2.24) is 14.9 Å². The summed E-state index contributed by atoms with van der Waals surface area (Å²) in [7, 11) is 0. The Morgan fingerprint density at radius 1 is 1.33 bits per heavy atom. The molecule has 2 fully saturated rings. The molecule has 100 valence electrons. The van der Waals surface area contributed by atoms with E-state index in [2.05, 4.69) is 39.8 Å². The minimum absolute atomic E-state index is 0.668. The first-order valence-corrected chi connectivity index (χ1v) is 7.35. The maximum absolute atomic E-state index is 4.57. The van der Waals surface area contributed by atoms with E-state index < -0.39 is 0 Å². The molecule has 0 aliphatic carbocycles. The summed E-state index contributed by atoms with van der Waals surface area (Å²) in [6, 6.07) is 2.15. The van der Waals surface area contributed by atoms with Crippen LogP contribution >= 0.6 is 0 Å². The molecular weight excluding hydrogens is 224 g/mol. The van der Waals surface area contributed by atoms with E-state index in [9.17, 15) is 0 Å². The van der Waals surface area contributed by atoms with Crippen LogP contribution in [0, 0.1) is 0 Å². The Bertz CT molecular complexity index is 388. The minimum atomic E-state index is 0.668. The fourth-order valence-corrected chi connectivity index (χ4v) is 3.65. The molecule has 2 bridgehead atoms. The predicted octanol–water partition coefficient (Wildman–Crippen LogP) is 2.01. The third-order valence-corrected chi connectivity index (χ3v) is 4.52. The average Bonchev–Trinajstić information content (AvgIpc) is 2.97. The van der Waals surface area contributed by atoms with E-state index in [4.69, 9.17) is 0 Å². The van der Waals surface area contributed by atoms with Gasteiger partial charge in [0.2, 0.25) is 5.95 Å². The molecule has 2 unspecified atom stereocenters. The highest BCUT2D eigenvalue weighted by molar-refractivity contribution is 5.33. The molecule has 18 heavy (non-hydrogen) atoms. The van der Waals surface area contributed by atoms with Gasteiger partial charge in [0.15, 0.2) is 0 Å². The summed E-state index contributed by atoms with van der Waals surface area (Å²) in [5.74, 6) is 1.16. The van der Waals surface area contributed by atoms with Crippen molar-refractivity contribution in [2.75, 3.05) is 11.4 Å². The highest BCUT2D eigenvalue weighted by Crippen LogP contribution is 2.31. The van der Waals surface area contributed by atoms with E-state index in [0.29, 0.717) is 6.04 Å². The van der Waals surface area contributed by atoms with Gasteiger partial charge in [-0.25, -0.2) is 4.98 Å². The molecule has 2 atom stereocenters. The molecule has 4 heteroatoms. The number of anilines is 1. The molecule has 0 radical (unpaired) electrons. The van der Waals surface area contributed by atoms with Crippen molar-refractivity contribution in [1.29, 1.82) is 0 Å². The number of imidazole rings is 1. The number of rotatable bonds is 4. The van der Waals surface area contributed by atoms with Gasteiger partial charge < -0.3 is 14.8 Å². The third-order valence-electron chi connectivity index (χ3n) is 4.52. The zero-order valence-electron chi connectivity index (χ0n) is 11.5.